The van der Waals surface area contributed by atoms with Crippen molar-refractivity contribution in [3.05, 3.63) is 77.7 Å². The first kappa shape index (κ1) is 18.1. The van der Waals surface area contributed by atoms with E-state index >= 15 is 0 Å². The Kier molecular flexibility index (Phi) is 5.58. The molecule has 28 heavy (non-hydrogen) atoms. The average molecular weight is 388 g/mol. The molecule has 4 aromatic rings. The minimum atomic E-state index is 0.00759. The molecule has 0 radical (unpaired) electrons. The molecule has 0 bridgehead atoms. The van der Waals surface area contributed by atoms with Crippen LogP contribution in [0.15, 0.2) is 72.1 Å². The summed E-state index contributed by atoms with van der Waals surface area (Å²) in [6.07, 6.45) is 0.375. The second-order valence-corrected chi connectivity index (χ2v) is 7.28. The van der Waals surface area contributed by atoms with Gasteiger partial charge in [-0.05, 0) is 29.1 Å². The topological polar surface area (TPSA) is 66.9 Å². The van der Waals surface area contributed by atoms with Crippen LogP contribution in [0.1, 0.15) is 12.0 Å². The highest BCUT2D eigenvalue weighted by Crippen LogP contribution is 2.27. The normalized spacial score (nSPS) is 10.7. The fraction of sp³-hybridized carbons (Fsp3) is 0.136. The molecule has 2 N–H and O–H groups in total. The molecule has 5 nitrogen and oxygen atoms in total. The van der Waals surface area contributed by atoms with Crippen molar-refractivity contribution in [2.75, 3.05) is 11.9 Å². The van der Waals surface area contributed by atoms with Gasteiger partial charge in [-0.2, -0.15) is 0 Å². The van der Waals surface area contributed by atoms with E-state index in [0.29, 0.717) is 25.3 Å². The highest BCUT2D eigenvalue weighted by atomic mass is 32.1. The molecule has 6 heteroatoms. The molecule has 2 heterocycles. The van der Waals surface area contributed by atoms with E-state index in [0.717, 1.165) is 27.2 Å². The second kappa shape index (κ2) is 8.63. The number of carbonyl (C=O) groups is 1. The van der Waals surface area contributed by atoms with Gasteiger partial charge in [0.15, 0.2) is 5.82 Å². The van der Waals surface area contributed by atoms with E-state index < -0.39 is 0 Å². The predicted molar refractivity (Wildman–Crippen MR) is 114 cm³/mol. The third-order valence-electron chi connectivity index (χ3n) is 4.32. The van der Waals surface area contributed by atoms with Crippen LogP contribution in [0.2, 0.25) is 0 Å². The molecule has 0 aliphatic heterocycles. The van der Waals surface area contributed by atoms with E-state index in [-0.39, 0.29) is 5.91 Å². The van der Waals surface area contributed by atoms with E-state index in [1.165, 1.54) is 0 Å². The zero-order chi connectivity index (χ0) is 19.2. The van der Waals surface area contributed by atoms with E-state index in [1.54, 1.807) is 11.3 Å². The second-order valence-electron chi connectivity index (χ2n) is 6.33. The minimum absolute atomic E-state index is 0.00759. The molecule has 2 aromatic heterocycles. The van der Waals surface area contributed by atoms with Crippen LogP contribution in [0.3, 0.4) is 0 Å². The minimum Gasteiger partial charge on any atom is -0.369 e. The number of benzene rings is 2. The molecule has 0 aliphatic carbocycles. The molecule has 0 saturated heterocycles. The van der Waals surface area contributed by atoms with Crippen molar-refractivity contribution >= 4 is 34.0 Å². The van der Waals surface area contributed by atoms with Crippen LogP contribution in [0, 0.1) is 0 Å². The maximum absolute atomic E-state index is 12.1. The monoisotopic (exact) mass is 388 g/mol. The highest BCUT2D eigenvalue weighted by Gasteiger charge is 2.10. The van der Waals surface area contributed by atoms with Gasteiger partial charge >= 0.3 is 0 Å². The molecule has 0 saturated carbocycles. The number of aromatic nitrogens is 2. The number of nitrogens with one attached hydrogen (secondary N) is 2. The lowest BCUT2D eigenvalue weighted by Crippen LogP contribution is -2.25. The fourth-order valence-corrected chi connectivity index (χ4v) is 3.56. The Morgan fingerprint density at radius 1 is 0.929 bits per heavy atom. The summed E-state index contributed by atoms with van der Waals surface area (Å²) in [5, 5.41) is 9.22. The number of anilines is 1. The molecule has 1 amide bonds. The number of nitrogens with zero attached hydrogens (tertiary/aromatic N) is 2. The Morgan fingerprint density at radius 3 is 2.57 bits per heavy atom. The summed E-state index contributed by atoms with van der Waals surface area (Å²) in [6.45, 7) is 1.05. The molecular formula is C22H20N4OS. The summed E-state index contributed by atoms with van der Waals surface area (Å²) < 4.78 is 0. The summed E-state index contributed by atoms with van der Waals surface area (Å²) in [7, 11) is 0. The lowest BCUT2D eigenvalue weighted by Gasteiger charge is -2.11. The van der Waals surface area contributed by atoms with Crippen molar-refractivity contribution < 1.29 is 4.79 Å². The van der Waals surface area contributed by atoms with Gasteiger partial charge in [0, 0.05) is 24.9 Å². The highest BCUT2D eigenvalue weighted by molar-refractivity contribution is 7.13. The van der Waals surface area contributed by atoms with Crippen molar-refractivity contribution in [1.82, 2.24) is 15.3 Å². The first-order chi connectivity index (χ1) is 13.8. The number of hydrogen-bond donors (Lipinski definition) is 2. The molecule has 0 fully saturated rings. The van der Waals surface area contributed by atoms with Gasteiger partial charge in [-0.15, -0.1) is 11.3 Å². The summed E-state index contributed by atoms with van der Waals surface area (Å²) in [5.41, 5.74) is 1.98. The number of thiophene rings is 1. The fourth-order valence-electron chi connectivity index (χ4n) is 2.91. The Morgan fingerprint density at radius 2 is 1.75 bits per heavy atom. The Hall–Kier alpha value is -3.25. The number of hydrogen-bond acceptors (Lipinski definition) is 5. The molecule has 0 spiro atoms. The van der Waals surface area contributed by atoms with Gasteiger partial charge in [0.1, 0.15) is 5.82 Å². The number of amides is 1. The molecule has 4 rings (SSSR count). The average Bonchev–Trinajstić information content (AvgIpc) is 3.28. The van der Waals surface area contributed by atoms with Crippen LogP contribution in [0.25, 0.3) is 21.6 Å². The van der Waals surface area contributed by atoms with Gasteiger partial charge in [0.05, 0.1) is 10.4 Å². The summed E-state index contributed by atoms with van der Waals surface area (Å²) in [5.74, 6) is 1.46. The maximum atomic E-state index is 12.1. The van der Waals surface area contributed by atoms with E-state index in [2.05, 4.69) is 15.6 Å². The van der Waals surface area contributed by atoms with Crippen LogP contribution in [0.5, 0.6) is 0 Å². The summed E-state index contributed by atoms with van der Waals surface area (Å²) >= 11 is 1.61. The first-order valence-electron chi connectivity index (χ1n) is 9.15. The van der Waals surface area contributed by atoms with Crippen LogP contribution in [0.4, 0.5) is 5.82 Å². The Balaban J connectivity index is 1.42. The molecule has 140 valence electrons. The van der Waals surface area contributed by atoms with Crippen LogP contribution in [-0.4, -0.2) is 22.4 Å². The van der Waals surface area contributed by atoms with Crippen LogP contribution >= 0.6 is 11.3 Å². The summed E-state index contributed by atoms with van der Waals surface area (Å²) in [6, 6.07) is 21.8. The number of para-hydroxylation sites is 1. The van der Waals surface area contributed by atoms with Gasteiger partial charge in [-0.1, -0.05) is 48.5 Å². The quantitative estimate of drug-likeness (QED) is 0.490. The molecule has 0 unspecified atom stereocenters. The SMILES string of the molecule is O=C(CCNc1nc(-c2cccs2)nc2ccccc12)NCc1ccccc1. The van der Waals surface area contributed by atoms with Crippen molar-refractivity contribution in [2.45, 2.75) is 13.0 Å². The lowest BCUT2D eigenvalue weighted by atomic mass is 10.2. The van der Waals surface area contributed by atoms with Gasteiger partial charge in [0.25, 0.3) is 0 Å². The smallest absolute Gasteiger partial charge is 0.222 e. The van der Waals surface area contributed by atoms with E-state index in [1.807, 2.05) is 72.1 Å². The maximum Gasteiger partial charge on any atom is 0.222 e. The zero-order valence-corrected chi connectivity index (χ0v) is 16.1. The van der Waals surface area contributed by atoms with Crippen molar-refractivity contribution in [3.8, 4) is 10.7 Å². The standard InChI is InChI=1S/C22H20N4OS/c27-20(24-15-16-7-2-1-3-8-16)12-13-23-21-17-9-4-5-10-18(17)25-22(26-21)19-11-6-14-28-19/h1-11,14H,12-13,15H2,(H,24,27)(H,23,25,26). The van der Waals surface area contributed by atoms with Gasteiger partial charge < -0.3 is 10.6 Å². The van der Waals surface area contributed by atoms with Crippen LogP contribution in [-0.2, 0) is 11.3 Å². The summed E-state index contributed by atoms with van der Waals surface area (Å²) in [4.78, 5) is 22.5. The molecular weight excluding hydrogens is 368 g/mol. The molecule has 0 atom stereocenters. The Bertz CT molecular complexity index is 1060. The number of rotatable bonds is 7. The Labute approximate surface area is 167 Å². The van der Waals surface area contributed by atoms with E-state index in [4.69, 9.17) is 4.98 Å². The van der Waals surface area contributed by atoms with Gasteiger partial charge in [0.2, 0.25) is 5.91 Å². The number of carbonyl (C=O) groups excluding carboxylic acids is 1. The van der Waals surface area contributed by atoms with Crippen molar-refractivity contribution in [1.29, 1.82) is 0 Å². The zero-order valence-electron chi connectivity index (χ0n) is 15.3. The van der Waals surface area contributed by atoms with Crippen molar-refractivity contribution in [3.63, 3.8) is 0 Å². The molecule has 2 aromatic carbocycles. The van der Waals surface area contributed by atoms with Gasteiger partial charge in [-0.25, -0.2) is 9.97 Å². The molecule has 0 aliphatic rings. The largest absolute Gasteiger partial charge is 0.369 e. The third kappa shape index (κ3) is 4.35. The number of fused-ring (bicyclic) bond motifs is 1. The first-order valence-corrected chi connectivity index (χ1v) is 10.0. The third-order valence-corrected chi connectivity index (χ3v) is 5.19. The van der Waals surface area contributed by atoms with Crippen molar-refractivity contribution in [2.24, 2.45) is 0 Å². The predicted octanol–water partition coefficient (Wildman–Crippen LogP) is 4.48. The van der Waals surface area contributed by atoms with Crippen LogP contribution < -0.4 is 10.6 Å². The van der Waals surface area contributed by atoms with Gasteiger partial charge in [-0.3, -0.25) is 4.79 Å². The van der Waals surface area contributed by atoms with E-state index in [9.17, 15) is 4.79 Å². The lowest BCUT2D eigenvalue weighted by molar-refractivity contribution is -0.121.